The van der Waals surface area contributed by atoms with Gasteiger partial charge in [-0.2, -0.15) is 4.80 Å². The maximum Gasteiger partial charge on any atom is 0.176 e. The fourth-order valence-corrected chi connectivity index (χ4v) is 2.70. The average molecular weight is 331 g/mol. The van der Waals surface area contributed by atoms with Crippen LogP contribution in [0.25, 0.3) is 0 Å². The zero-order valence-electron chi connectivity index (χ0n) is 10.1. The summed E-state index contributed by atoms with van der Waals surface area (Å²) in [4.78, 5) is 1.46. The Morgan fingerprint density at radius 1 is 1.50 bits per heavy atom. The van der Waals surface area contributed by atoms with Gasteiger partial charge < -0.3 is 5.32 Å². The third-order valence-corrected chi connectivity index (χ3v) is 3.54. The van der Waals surface area contributed by atoms with E-state index in [4.69, 9.17) is 11.6 Å². The van der Waals surface area contributed by atoms with Crippen LogP contribution in [0, 0.1) is 0 Å². The molecule has 0 bridgehead atoms. The quantitative estimate of drug-likeness (QED) is 0.933. The monoisotopic (exact) mass is 329 g/mol. The fourth-order valence-electron chi connectivity index (χ4n) is 1.74. The highest BCUT2D eigenvalue weighted by atomic mass is 79.9. The van der Waals surface area contributed by atoms with Crippen molar-refractivity contribution in [2.24, 2.45) is 7.05 Å². The van der Waals surface area contributed by atoms with Gasteiger partial charge in [-0.05, 0) is 30.0 Å². The first-order valence-corrected chi connectivity index (χ1v) is 6.62. The number of nitrogens with one attached hydrogen (secondary N) is 1. The van der Waals surface area contributed by atoms with Gasteiger partial charge in [-0.15, -0.1) is 10.2 Å². The molecule has 5 nitrogen and oxygen atoms in total. The summed E-state index contributed by atoms with van der Waals surface area (Å²) in [5, 5.41) is 16.0. The normalized spacial score (nSPS) is 12.7. The number of aryl methyl sites for hydroxylation is 1. The molecule has 96 valence electrons. The summed E-state index contributed by atoms with van der Waals surface area (Å²) in [5.41, 5.74) is 1.12. The van der Waals surface area contributed by atoms with E-state index in [9.17, 15) is 0 Å². The maximum absolute atomic E-state index is 5.94. The summed E-state index contributed by atoms with van der Waals surface area (Å²) in [7, 11) is 3.66. The first kappa shape index (κ1) is 13.5. The van der Waals surface area contributed by atoms with Crippen LogP contribution in [0.3, 0.4) is 0 Å². The summed E-state index contributed by atoms with van der Waals surface area (Å²) in [5.74, 6) is 0.707. The molecule has 0 aliphatic carbocycles. The molecule has 0 aliphatic heterocycles. The van der Waals surface area contributed by atoms with Crippen molar-refractivity contribution in [3.05, 3.63) is 39.1 Å². The SMILES string of the molecule is CNC(Cc1nnn(C)n1)c1ccc(Cl)cc1Br. The van der Waals surface area contributed by atoms with Gasteiger partial charge in [0, 0.05) is 22.0 Å². The lowest BCUT2D eigenvalue weighted by Gasteiger charge is -2.16. The first-order chi connectivity index (χ1) is 8.60. The lowest BCUT2D eigenvalue weighted by atomic mass is 10.0. The van der Waals surface area contributed by atoms with Crippen molar-refractivity contribution >= 4 is 27.5 Å². The van der Waals surface area contributed by atoms with E-state index >= 15 is 0 Å². The van der Waals surface area contributed by atoms with Gasteiger partial charge in [0.1, 0.15) is 0 Å². The topological polar surface area (TPSA) is 55.6 Å². The molecule has 0 radical (unpaired) electrons. The zero-order chi connectivity index (χ0) is 13.1. The Bertz CT molecular complexity index is 542. The Kier molecular flexibility index (Phi) is 4.31. The lowest BCUT2D eigenvalue weighted by Crippen LogP contribution is -2.20. The van der Waals surface area contributed by atoms with Crippen LogP contribution in [-0.2, 0) is 13.5 Å². The number of rotatable bonds is 4. The Morgan fingerprint density at radius 2 is 2.28 bits per heavy atom. The summed E-state index contributed by atoms with van der Waals surface area (Å²) in [6, 6.07) is 5.85. The van der Waals surface area contributed by atoms with E-state index in [0.717, 1.165) is 10.0 Å². The molecule has 1 aromatic carbocycles. The van der Waals surface area contributed by atoms with E-state index in [1.807, 2.05) is 25.2 Å². The average Bonchev–Trinajstić information content (AvgIpc) is 2.72. The highest BCUT2D eigenvalue weighted by Gasteiger charge is 2.16. The number of halogens is 2. The first-order valence-electron chi connectivity index (χ1n) is 5.45. The Balaban J connectivity index is 2.22. The smallest absolute Gasteiger partial charge is 0.176 e. The molecule has 0 saturated heterocycles. The molecule has 0 fully saturated rings. The van der Waals surface area contributed by atoms with Crippen molar-refractivity contribution in [1.29, 1.82) is 0 Å². The van der Waals surface area contributed by atoms with Crippen LogP contribution >= 0.6 is 27.5 Å². The van der Waals surface area contributed by atoms with E-state index in [0.29, 0.717) is 17.3 Å². The van der Waals surface area contributed by atoms with Crippen LogP contribution in [0.2, 0.25) is 5.02 Å². The van der Waals surface area contributed by atoms with Gasteiger partial charge in [-0.1, -0.05) is 33.6 Å². The second-order valence-corrected chi connectivity index (χ2v) is 5.20. The molecule has 0 aliphatic rings. The third-order valence-electron chi connectivity index (χ3n) is 2.62. The van der Waals surface area contributed by atoms with Crippen molar-refractivity contribution in [3.8, 4) is 0 Å². The molecule has 1 unspecified atom stereocenters. The van der Waals surface area contributed by atoms with Crippen LogP contribution < -0.4 is 5.32 Å². The molecule has 18 heavy (non-hydrogen) atoms. The van der Waals surface area contributed by atoms with E-state index in [1.165, 1.54) is 4.80 Å². The minimum atomic E-state index is 0.112. The molecule has 1 atom stereocenters. The van der Waals surface area contributed by atoms with Crippen LogP contribution in [0.15, 0.2) is 22.7 Å². The maximum atomic E-state index is 5.94. The van der Waals surface area contributed by atoms with Crippen molar-refractivity contribution < 1.29 is 0 Å². The Morgan fingerprint density at radius 3 is 2.83 bits per heavy atom. The molecule has 0 spiro atoms. The van der Waals surface area contributed by atoms with Gasteiger partial charge in [-0.3, -0.25) is 0 Å². The standard InChI is InChI=1S/C11H13BrClN5/c1-14-10(6-11-15-17-18(2)16-11)8-4-3-7(13)5-9(8)12/h3-5,10,14H,6H2,1-2H3. The predicted octanol–water partition coefficient (Wildman–Crippen LogP) is 2.13. The molecule has 2 aromatic rings. The minimum absolute atomic E-state index is 0.112. The molecule has 2 rings (SSSR count). The summed E-state index contributed by atoms with van der Waals surface area (Å²) < 4.78 is 0.971. The zero-order valence-corrected chi connectivity index (χ0v) is 12.4. The highest BCUT2D eigenvalue weighted by molar-refractivity contribution is 9.10. The Labute approximate surface area is 119 Å². The summed E-state index contributed by atoms with van der Waals surface area (Å²) in [6.45, 7) is 0. The number of likely N-dealkylation sites (N-methyl/N-ethyl adjacent to an activating group) is 1. The van der Waals surface area contributed by atoms with E-state index in [2.05, 4.69) is 36.7 Å². The van der Waals surface area contributed by atoms with Crippen LogP contribution in [0.1, 0.15) is 17.4 Å². The Hall–Kier alpha value is -0.980. The third kappa shape index (κ3) is 3.07. The van der Waals surface area contributed by atoms with Gasteiger partial charge >= 0.3 is 0 Å². The number of hydrogen-bond acceptors (Lipinski definition) is 4. The number of hydrogen-bond donors (Lipinski definition) is 1. The molecule has 1 aromatic heterocycles. The molecule has 0 saturated carbocycles. The fraction of sp³-hybridized carbons (Fsp3) is 0.364. The van der Waals surface area contributed by atoms with E-state index in [-0.39, 0.29) is 6.04 Å². The van der Waals surface area contributed by atoms with Crippen molar-refractivity contribution in [3.63, 3.8) is 0 Å². The minimum Gasteiger partial charge on any atom is -0.313 e. The molecule has 1 N–H and O–H groups in total. The second-order valence-electron chi connectivity index (χ2n) is 3.91. The number of aromatic nitrogens is 4. The summed E-state index contributed by atoms with van der Waals surface area (Å²) in [6.07, 6.45) is 0.671. The molecule has 0 amide bonds. The largest absolute Gasteiger partial charge is 0.313 e. The number of nitrogens with zero attached hydrogens (tertiary/aromatic N) is 4. The van der Waals surface area contributed by atoms with E-state index < -0.39 is 0 Å². The molecular weight excluding hydrogens is 318 g/mol. The predicted molar refractivity (Wildman–Crippen MR) is 73.5 cm³/mol. The molecule has 1 heterocycles. The van der Waals surface area contributed by atoms with Crippen LogP contribution in [0.4, 0.5) is 0 Å². The highest BCUT2D eigenvalue weighted by Crippen LogP contribution is 2.27. The van der Waals surface area contributed by atoms with E-state index in [1.54, 1.807) is 7.05 Å². The number of benzene rings is 1. The van der Waals surface area contributed by atoms with Crippen molar-refractivity contribution in [2.75, 3.05) is 7.05 Å². The lowest BCUT2D eigenvalue weighted by molar-refractivity contribution is 0.568. The second kappa shape index (κ2) is 5.77. The van der Waals surface area contributed by atoms with Crippen molar-refractivity contribution in [2.45, 2.75) is 12.5 Å². The van der Waals surface area contributed by atoms with Crippen LogP contribution in [0.5, 0.6) is 0 Å². The van der Waals surface area contributed by atoms with Gasteiger partial charge in [0.05, 0.1) is 7.05 Å². The number of tetrazole rings is 1. The van der Waals surface area contributed by atoms with Gasteiger partial charge in [0.15, 0.2) is 5.82 Å². The van der Waals surface area contributed by atoms with Gasteiger partial charge in [0.2, 0.25) is 0 Å². The molecular formula is C11H13BrClN5. The van der Waals surface area contributed by atoms with Gasteiger partial charge in [0.25, 0.3) is 0 Å². The van der Waals surface area contributed by atoms with Crippen LogP contribution in [-0.4, -0.2) is 27.3 Å². The summed E-state index contributed by atoms with van der Waals surface area (Å²) >= 11 is 9.46. The van der Waals surface area contributed by atoms with Gasteiger partial charge in [-0.25, -0.2) is 0 Å². The molecule has 7 heteroatoms. The van der Waals surface area contributed by atoms with Crippen molar-refractivity contribution in [1.82, 2.24) is 25.5 Å².